The molecule has 9 heteroatoms. The molecule has 0 amide bonds. The van der Waals surface area contributed by atoms with Crippen molar-refractivity contribution < 1.29 is 33.8 Å². The van der Waals surface area contributed by atoms with Crippen LogP contribution in [0.15, 0.2) is 60.7 Å². The number of hydrogen-bond donors (Lipinski definition) is 1. The number of carboxylic acids is 1. The molecule has 1 saturated heterocycles. The number of esters is 1. The quantitative estimate of drug-likeness (QED) is 0.0931. The molecule has 1 aliphatic heterocycles. The number of unbranched alkanes of at least 4 members (excludes halogenated alkanes) is 2. The molecule has 1 fully saturated rings. The van der Waals surface area contributed by atoms with E-state index >= 15 is 0 Å². The maximum Gasteiger partial charge on any atom is 0.335 e. The fraction of sp³-hybridized carbons (Fsp3) is 0.467. The van der Waals surface area contributed by atoms with Crippen LogP contribution < -0.4 is 0 Å². The molecule has 4 atom stereocenters. The van der Waals surface area contributed by atoms with Gasteiger partial charge in [0.15, 0.2) is 0 Å². The number of aromatic carboxylic acids is 1. The van der Waals surface area contributed by atoms with Crippen molar-refractivity contribution >= 4 is 17.6 Å². The smallest absolute Gasteiger partial charge is 0.335 e. The van der Waals surface area contributed by atoms with Crippen LogP contribution in [-0.2, 0) is 25.6 Å². The van der Waals surface area contributed by atoms with E-state index in [1.807, 2.05) is 30.3 Å². The number of nitrogens with zero attached hydrogens (tertiary/aromatic N) is 1. The topological polar surface area (TPSA) is 125 Å². The summed E-state index contributed by atoms with van der Waals surface area (Å²) in [5.74, 6) is -2.08. The highest BCUT2D eigenvalue weighted by Crippen LogP contribution is 2.42. The number of hydrogen-bond acceptors (Lipinski definition) is 7. The molecular formula is C30H37NO8. The number of carboxylic acid groups (broad SMARTS) is 1. The van der Waals surface area contributed by atoms with E-state index in [2.05, 4.69) is 6.92 Å². The summed E-state index contributed by atoms with van der Waals surface area (Å²) < 4.78 is 17.8. The molecule has 9 nitrogen and oxygen atoms in total. The Balaban J connectivity index is 1.91. The molecule has 3 rings (SSSR count). The molecule has 0 aliphatic carbocycles. The third-order valence-corrected chi connectivity index (χ3v) is 6.88. The average Bonchev–Trinajstić information content (AvgIpc) is 3.34. The molecule has 39 heavy (non-hydrogen) atoms. The Morgan fingerprint density at radius 1 is 1.18 bits per heavy atom. The summed E-state index contributed by atoms with van der Waals surface area (Å²) in [7, 11) is 0. The number of non-ortho nitro benzene ring substituents is 1. The van der Waals surface area contributed by atoms with E-state index in [9.17, 15) is 24.8 Å². The average molecular weight is 540 g/mol. The maximum absolute atomic E-state index is 12.1. The monoisotopic (exact) mass is 539 g/mol. The van der Waals surface area contributed by atoms with Crippen molar-refractivity contribution in [2.45, 2.75) is 83.2 Å². The minimum atomic E-state index is -1.16. The SMILES string of the molecule is CCCCC[C@@H](OCc1ccccc1)[C@H]1C[C@@H](c2cc([N+](=O)[O-])ccc2C(=O)O)[C@@H](C/C=C/C(=O)OCC)O1. The van der Waals surface area contributed by atoms with E-state index in [0.717, 1.165) is 31.2 Å². The largest absolute Gasteiger partial charge is 0.478 e. The molecule has 0 radical (unpaired) electrons. The minimum absolute atomic E-state index is 0.00181. The predicted molar refractivity (Wildman–Crippen MR) is 146 cm³/mol. The Labute approximate surface area is 228 Å². The number of nitro groups is 1. The highest BCUT2D eigenvalue weighted by Gasteiger charge is 2.41. The van der Waals surface area contributed by atoms with Gasteiger partial charge in [-0.1, -0.05) is 62.6 Å². The zero-order chi connectivity index (χ0) is 28.2. The molecule has 0 aromatic heterocycles. The fourth-order valence-corrected chi connectivity index (χ4v) is 4.97. The third kappa shape index (κ3) is 8.73. The van der Waals surface area contributed by atoms with Crippen LogP contribution in [0.2, 0.25) is 0 Å². The van der Waals surface area contributed by atoms with Crippen LogP contribution in [0.3, 0.4) is 0 Å². The molecule has 0 spiro atoms. The van der Waals surface area contributed by atoms with Gasteiger partial charge >= 0.3 is 11.9 Å². The molecule has 0 saturated carbocycles. The van der Waals surface area contributed by atoms with E-state index in [1.54, 1.807) is 13.0 Å². The number of benzene rings is 2. The number of nitro benzene ring substituents is 1. The van der Waals surface area contributed by atoms with E-state index in [0.29, 0.717) is 25.0 Å². The molecule has 210 valence electrons. The van der Waals surface area contributed by atoms with Crippen molar-refractivity contribution in [1.82, 2.24) is 0 Å². The number of ether oxygens (including phenoxy) is 3. The van der Waals surface area contributed by atoms with E-state index < -0.39 is 28.9 Å². The van der Waals surface area contributed by atoms with Crippen molar-refractivity contribution in [3.05, 3.63) is 87.5 Å². The number of carbonyl (C=O) groups excluding carboxylic acids is 1. The van der Waals surface area contributed by atoms with Gasteiger partial charge in [-0.3, -0.25) is 10.1 Å². The summed E-state index contributed by atoms with van der Waals surface area (Å²) in [4.78, 5) is 34.9. The van der Waals surface area contributed by atoms with Crippen LogP contribution in [0.1, 0.15) is 79.8 Å². The number of carbonyl (C=O) groups is 2. The van der Waals surface area contributed by atoms with E-state index in [4.69, 9.17) is 14.2 Å². The van der Waals surface area contributed by atoms with Gasteiger partial charge in [0.05, 0.1) is 42.0 Å². The van der Waals surface area contributed by atoms with Gasteiger partial charge in [-0.15, -0.1) is 0 Å². The van der Waals surface area contributed by atoms with Crippen molar-refractivity contribution in [3.63, 3.8) is 0 Å². The zero-order valence-electron chi connectivity index (χ0n) is 22.5. The van der Waals surface area contributed by atoms with Crippen molar-refractivity contribution in [1.29, 1.82) is 0 Å². The predicted octanol–water partition coefficient (Wildman–Crippen LogP) is 6.21. The van der Waals surface area contributed by atoms with Gasteiger partial charge in [-0.05, 0) is 43.4 Å². The first-order valence-electron chi connectivity index (χ1n) is 13.5. The van der Waals surface area contributed by atoms with Crippen LogP contribution in [0.4, 0.5) is 5.69 Å². The highest BCUT2D eigenvalue weighted by atomic mass is 16.6. The Morgan fingerprint density at radius 2 is 1.95 bits per heavy atom. The van der Waals surface area contributed by atoms with Crippen molar-refractivity contribution in [2.75, 3.05) is 6.61 Å². The second-order valence-electron chi connectivity index (χ2n) is 9.61. The van der Waals surface area contributed by atoms with Crippen LogP contribution in [0.25, 0.3) is 0 Å². The molecule has 0 unspecified atom stereocenters. The number of rotatable bonds is 15. The standard InChI is InChI=1S/C30H37NO8/c1-3-5-7-13-27(38-20-21-11-8-6-9-12-21)28-19-25(26(39-28)14-10-15-29(32)37-4-2)24-18-22(31(35)36)16-17-23(24)30(33)34/h6,8-12,15-18,25-28H,3-5,7,13-14,19-20H2,1-2H3,(H,33,34)/b15-10+/t25-,26+,27+,28+/m0/s1. The summed E-state index contributed by atoms with van der Waals surface area (Å²) in [6.07, 6.45) is 6.43. The van der Waals surface area contributed by atoms with Crippen LogP contribution in [-0.4, -0.2) is 46.9 Å². The summed E-state index contributed by atoms with van der Waals surface area (Å²) in [5.41, 5.74) is 1.21. The Morgan fingerprint density at radius 3 is 2.62 bits per heavy atom. The van der Waals surface area contributed by atoms with Gasteiger partial charge in [0.1, 0.15) is 0 Å². The second kappa shape index (κ2) is 15.1. The summed E-state index contributed by atoms with van der Waals surface area (Å²) >= 11 is 0. The summed E-state index contributed by atoms with van der Waals surface area (Å²) in [6, 6.07) is 13.6. The molecule has 0 bridgehead atoms. The molecule has 2 aromatic rings. The van der Waals surface area contributed by atoms with Gasteiger partial charge in [-0.25, -0.2) is 9.59 Å². The van der Waals surface area contributed by atoms with Crippen molar-refractivity contribution in [2.24, 2.45) is 0 Å². The van der Waals surface area contributed by atoms with Gasteiger partial charge in [-0.2, -0.15) is 0 Å². The van der Waals surface area contributed by atoms with Gasteiger partial charge in [0.2, 0.25) is 0 Å². The Bertz CT molecular complexity index is 1130. The maximum atomic E-state index is 12.1. The molecule has 2 aromatic carbocycles. The normalized spacial score (nSPS) is 19.7. The van der Waals surface area contributed by atoms with Gasteiger partial charge in [0, 0.05) is 24.1 Å². The Hall–Kier alpha value is -3.56. The molecule has 1 N–H and O–H groups in total. The lowest BCUT2D eigenvalue weighted by Crippen LogP contribution is -2.29. The lowest BCUT2D eigenvalue weighted by Gasteiger charge is -2.24. The van der Waals surface area contributed by atoms with Crippen LogP contribution in [0.5, 0.6) is 0 Å². The first kappa shape index (κ1) is 30.0. The highest BCUT2D eigenvalue weighted by molar-refractivity contribution is 5.90. The van der Waals surface area contributed by atoms with E-state index in [-0.39, 0.29) is 30.1 Å². The minimum Gasteiger partial charge on any atom is -0.478 e. The summed E-state index contributed by atoms with van der Waals surface area (Å²) in [6.45, 7) is 4.51. The van der Waals surface area contributed by atoms with Gasteiger partial charge < -0.3 is 19.3 Å². The van der Waals surface area contributed by atoms with Crippen LogP contribution >= 0.6 is 0 Å². The lowest BCUT2D eigenvalue weighted by molar-refractivity contribution is -0.384. The van der Waals surface area contributed by atoms with E-state index in [1.165, 1.54) is 24.3 Å². The van der Waals surface area contributed by atoms with Crippen molar-refractivity contribution in [3.8, 4) is 0 Å². The summed E-state index contributed by atoms with van der Waals surface area (Å²) in [5, 5.41) is 21.4. The van der Waals surface area contributed by atoms with Gasteiger partial charge in [0.25, 0.3) is 5.69 Å². The molecule has 1 aliphatic rings. The first-order chi connectivity index (χ1) is 18.8. The first-order valence-corrected chi connectivity index (χ1v) is 13.5. The van der Waals surface area contributed by atoms with Crippen LogP contribution in [0, 0.1) is 10.1 Å². The second-order valence-corrected chi connectivity index (χ2v) is 9.61. The Kier molecular flexibility index (Phi) is 11.6. The zero-order valence-corrected chi connectivity index (χ0v) is 22.5. The fourth-order valence-electron chi connectivity index (χ4n) is 4.97. The molecular weight excluding hydrogens is 502 g/mol. The molecule has 1 heterocycles. The lowest BCUT2D eigenvalue weighted by atomic mass is 9.85. The third-order valence-electron chi connectivity index (χ3n) is 6.88.